The molecule has 4 rings (SSSR count). The van der Waals surface area contributed by atoms with Crippen molar-refractivity contribution in [1.82, 2.24) is 5.32 Å². The Bertz CT molecular complexity index is 1090. The molecule has 1 atom stereocenters. The minimum absolute atomic E-state index is 0.0291. The zero-order valence-corrected chi connectivity index (χ0v) is 17.5. The van der Waals surface area contributed by atoms with Crippen molar-refractivity contribution in [2.45, 2.75) is 12.5 Å². The molecule has 3 amide bonds. The molecule has 0 fully saturated rings. The molecule has 5 nitrogen and oxygen atoms in total. The number of rotatable bonds is 4. The smallest absolute Gasteiger partial charge is 0.320 e. The highest BCUT2D eigenvalue weighted by molar-refractivity contribution is 9.10. The molecule has 1 aliphatic rings. The van der Waals surface area contributed by atoms with Crippen LogP contribution < -0.4 is 15.5 Å². The molecular weight excluding hydrogens is 449 g/mol. The molecule has 3 aromatic rings. The van der Waals surface area contributed by atoms with Crippen molar-refractivity contribution in [2.24, 2.45) is 0 Å². The first-order valence-corrected chi connectivity index (χ1v) is 10.3. The normalized spacial score (nSPS) is 13.5. The number of para-hydroxylation sites is 1. The van der Waals surface area contributed by atoms with Crippen molar-refractivity contribution in [3.8, 4) is 0 Å². The van der Waals surface area contributed by atoms with Gasteiger partial charge in [-0.05, 0) is 41.8 Å². The van der Waals surface area contributed by atoms with E-state index in [1.54, 1.807) is 23.1 Å². The van der Waals surface area contributed by atoms with E-state index in [1.165, 1.54) is 12.1 Å². The quantitative estimate of drug-likeness (QED) is 0.564. The van der Waals surface area contributed by atoms with Crippen LogP contribution in [0.1, 0.15) is 17.2 Å². The third-order valence-electron chi connectivity index (χ3n) is 4.99. The van der Waals surface area contributed by atoms with Crippen LogP contribution in [0.3, 0.4) is 0 Å². The fraction of sp³-hybridized carbons (Fsp3) is 0.130. The maximum atomic E-state index is 14.1. The van der Waals surface area contributed by atoms with E-state index in [-0.39, 0.29) is 11.6 Å². The van der Waals surface area contributed by atoms with E-state index >= 15 is 0 Å². The van der Waals surface area contributed by atoms with Gasteiger partial charge in [-0.15, -0.1) is 0 Å². The number of carbonyl (C=O) groups is 2. The van der Waals surface area contributed by atoms with Gasteiger partial charge in [-0.3, -0.25) is 4.79 Å². The molecule has 1 heterocycles. The molecule has 152 valence electrons. The third-order valence-corrected chi connectivity index (χ3v) is 5.48. The van der Waals surface area contributed by atoms with Gasteiger partial charge in [0, 0.05) is 16.7 Å². The zero-order valence-electron chi connectivity index (χ0n) is 15.9. The number of carbonyl (C=O) groups excluding carboxylic acids is 2. The van der Waals surface area contributed by atoms with Gasteiger partial charge in [0.1, 0.15) is 11.9 Å². The fourth-order valence-corrected chi connectivity index (χ4v) is 3.87. The summed E-state index contributed by atoms with van der Waals surface area (Å²) in [7, 11) is 0. The molecule has 3 aromatic carbocycles. The number of fused-ring (bicyclic) bond motifs is 1. The van der Waals surface area contributed by atoms with Crippen molar-refractivity contribution in [3.05, 3.63) is 94.2 Å². The number of hydrogen-bond acceptors (Lipinski definition) is 2. The summed E-state index contributed by atoms with van der Waals surface area (Å²) in [6.45, 7) is 0.548. The lowest BCUT2D eigenvalue weighted by Crippen LogP contribution is -2.44. The number of nitrogens with one attached hydrogen (secondary N) is 2. The SMILES string of the molecule is O=C(Nc1ccc(Br)cc1F)NC(C(=O)N1CCc2ccccc21)c1ccccc1. The molecule has 1 aliphatic heterocycles. The van der Waals surface area contributed by atoms with Gasteiger partial charge in [0.05, 0.1) is 5.69 Å². The predicted molar refractivity (Wildman–Crippen MR) is 118 cm³/mol. The Balaban J connectivity index is 1.58. The summed E-state index contributed by atoms with van der Waals surface area (Å²) in [5.41, 5.74) is 2.63. The molecule has 0 spiro atoms. The van der Waals surface area contributed by atoms with E-state index in [9.17, 15) is 14.0 Å². The number of nitrogens with zero attached hydrogens (tertiary/aromatic N) is 1. The van der Waals surface area contributed by atoms with Crippen LogP contribution in [-0.2, 0) is 11.2 Å². The monoisotopic (exact) mass is 467 g/mol. The average Bonchev–Trinajstić information content (AvgIpc) is 3.18. The minimum atomic E-state index is -0.907. The molecule has 0 radical (unpaired) electrons. The van der Waals surface area contributed by atoms with Gasteiger partial charge in [0.15, 0.2) is 0 Å². The number of benzene rings is 3. The number of halogens is 2. The maximum absolute atomic E-state index is 14.1. The van der Waals surface area contributed by atoms with Gasteiger partial charge in [0.25, 0.3) is 5.91 Å². The number of amides is 3. The van der Waals surface area contributed by atoms with E-state index < -0.39 is 17.9 Å². The second kappa shape index (κ2) is 8.67. The summed E-state index contributed by atoms with van der Waals surface area (Å²) in [6.07, 6.45) is 0.764. The van der Waals surface area contributed by atoms with Crippen LogP contribution in [-0.4, -0.2) is 18.5 Å². The van der Waals surface area contributed by atoms with Crippen molar-refractivity contribution >= 4 is 39.2 Å². The Hall–Kier alpha value is -3.19. The molecule has 0 bridgehead atoms. The number of urea groups is 1. The minimum Gasteiger partial charge on any atom is -0.322 e. The highest BCUT2D eigenvalue weighted by atomic mass is 79.9. The van der Waals surface area contributed by atoms with Crippen LogP contribution in [0.25, 0.3) is 0 Å². The van der Waals surface area contributed by atoms with Crippen LogP contribution >= 0.6 is 15.9 Å². The Labute approximate surface area is 182 Å². The highest BCUT2D eigenvalue weighted by Crippen LogP contribution is 2.30. The van der Waals surface area contributed by atoms with Gasteiger partial charge in [-0.25, -0.2) is 9.18 Å². The van der Waals surface area contributed by atoms with Crippen LogP contribution in [0.15, 0.2) is 77.3 Å². The van der Waals surface area contributed by atoms with Crippen LogP contribution in [0.4, 0.5) is 20.6 Å². The first kappa shape index (κ1) is 20.1. The molecule has 1 unspecified atom stereocenters. The lowest BCUT2D eigenvalue weighted by atomic mass is 10.1. The summed E-state index contributed by atoms with van der Waals surface area (Å²) < 4.78 is 14.7. The third kappa shape index (κ3) is 4.21. The van der Waals surface area contributed by atoms with Crippen LogP contribution in [0.2, 0.25) is 0 Å². The lowest BCUT2D eigenvalue weighted by Gasteiger charge is -2.25. The Morgan fingerprint density at radius 1 is 1.00 bits per heavy atom. The molecule has 30 heavy (non-hydrogen) atoms. The predicted octanol–water partition coefficient (Wildman–Crippen LogP) is 5.04. The van der Waals surface area contributed by atoms with Crippen LogP contribution in [0.5, 0.6) is 0 Å². The summed E-state index contributed by atoms with van der Waals surface area (Å²) in [4.78, 5) is 27.7. The first-order chi connectivity index (χ1) is 14.5. The zero-order chi connectivity index (χ0) is 21.1. The molecular formula is C23H19BrFN3O2. The molecule has 7 heteroatoms. The van der Waals surface area contributed by atoms with Crippen LogP contribution in [0, 0.1) is 5.82 Å². The summed E-state index contributed by atoms with van der Waals surface area (Å²) >= 11 is 3.18. The van der Waals surface area contributed by atoms with E-state index in [0.717, 1.165) is 17.7 Å². The summed E-state index contributed by atoms with van der Waals surface area (Å²) in [5.74, 6) is -0.812. The van der Waals surface area contributed by atoms with Gasteiger partial charge < -0.3 is 15.5 Å². The van der Waals surface area contributed by atoms with Gasteiger partial charge in [-0.1, -0.05) is 64.5 Å². The first-order valence-electron chi connectivity index (χ1n) is 9.50. The van der Waals surface area contributed by atoms with Crippen molar-refractivity contribution in [2.75, 3.05) is 16.8 Å². The van der Waals surface area contributed by atoms with Gasteiger partial charge in [-0.2, -0.15) is 0 Å². The second-order valence-electron chi connectivity index (χ2n) is 6.93. The fourth-order valence-electron chi connectivity index (χ4n) is 3.54. The molecule has 0 saturated heterocycles. The Morgan fingerprint density at radius 2 is 1.73 bits per heavy atom. The number of anilines is 2. The van der Waals surface area contributed by atoms with E-state index in [4.69, 9.17) is 0 Å². The largest absolute Gasteiger partial charge is 0.322 e. The molecule has 0 aliphatic carbocycles. The maximum Gasteiger partial charge on any atom is 0.320 e. The summed E-state index contributed by atoms with van der Waals surface area (Å²) in [5, 5.41) is 5.20. The number of hydrogen-bond donors (Lipinski definition) is 2. The van der Waals surface area contributed by atoms with Gasteiger partial charge in [0.2, 0.25) is 0 Å². The highest BCUT2D eigenvalue weighted by Gasteiger charge is 2.32. The van der Waals surface area contributed by atoms with Crippen molar-refractivity contribution in [3.63, 3.8) is 0 Å². The standard InChI is InChI=1S/C23H19BrFN3O2/c24-17-10-11-19(18(25)14-17)26-23(30)27-21(16-7-2-1-3-8-16)22(29)28-13-12-15-6-4-5-9-20(15)28/h1-11,14,21H,12-13H2,(H2,26,27,30). The van der Waals surface area contributed by atoms with Crippen molar-refractivity contribution in [1.29, 1.82) is 0 Å². The van der Waals surface area contributed by atoms with Gasteiger partial charge >= 0.3 is 6.03 Å². The summed E-state index contributed by atoms with van der Waals surface area (Å²) in [6, 6.07) is 19.5. The molecule has 0 aromatic heterocycles. The van der Waals surface area contributed by atoms with Crippen molar-refractivity contribution < 1.29 is 14.0 Å². The Kier molecular flexibility index (Phi) is 5.81. The average molecular weight is 468 g/mol. The second-order valence-corrected chi connectivity index (χ2v) is 7.85. The van der Waals surface area contributed by atoms with E-state index in [2.05, 4.69) is 26.6 Å². The van der Waals surface area contributed by atoms with E-state index in [1.807, 2.05) is 42.5 Å². The lowest BCUT2D eigenvalue weighted by molar-refractivity contribution is -0.120. The van der Waals surface area contributed by atoms with E-state index in [0.29, 0.717) is 16.6 Å². The molecule has 2 N–H and O–H groups in total. The Morgan fingerprint density at radius 3 is 2.50 bits per heavy atom. The topological polar surface area (TPSA) is 61.4 Å². The molecule has 0 saturated carbocycles.